The van der Waals surface area contributed by atoms with E-state index < -0.39 is 11.7 Å². The molecule has 3 aromatic carbocycles. The van der Waals surface area contributed by atoms with Gasteiger partial charge < -0.3 is 16.0 Å². The van der Waals surface area contributed by atoms with Gasteiger partial charge in [0.2, 0.25) is 0 Å². The van der Waals surface area contributed by atoms with E-state index in [1.807, 2.05) is 44.2 Å². The van der Waals surface area contributed by atoms with Crippen LogP contribution < -0.4 is 16.0 Å². The van der Waals surface area contributed by atoms with Crippen LogP contribution in [0.25, 0.3) is 0 Å². The first-order valence-electron chi connectivity index (χ1n) is 9.70. The lowest BCUT2D eigenvalue weighted by atomic mass is 10.1. The van der Waals surface area contributed by atoms with E-state index in [1.54, 1.807) is 24.3 Å². The molecular formula is C24H24FN3O2. The summed E-state index contributed by atoms with van der Waals surface area (Å²) in [5.41, 5.74) is 2.58. The maximum Gasteiger partial charge on any atom is 0.258 e. The molecule has 0 fully saturated rings. The fraction of sp³-hybridized carbons (Fsp3) is 0.167. The zero-order valence-electron chi connectivity index (χ0n) is 16.9. The van der Waals surface area contributed by atoms with Gasteiger partial charge in [-0.1, -0.05) is 36.4 Å². The zero-order valence-corrected chi connectivity index (χ0v) is 16.9. The van der Waals surface area contributed by atoms with Crippen molar-refractivity contribution in [2.24, 2.45) is 0 Å². The largest absolute Gasteiger partial charge is 0.381 e. The SMILES string of the molecule is Cc1ccc(C(=O)NC[C@H](C)Nc2ccccc2)cc1NC(=O)c1ccccc1F. The van der Waals surface area contributed by atoms with Crippen LogP contribution in [0.15, 0.2) is 72.8 Å². The quantitative estimate of drug-likeness (QED) is 0.537. The first kappa shape index (κ1) is 21.0. The van der Waals surface area contributed by atoms with E-state index >= 15 is 0 Å². The third kappa shape index (κ3) is 5.44. The number of para-hydroxylation sites is 1. The lowest BCUT2D eigenvalue weighted by Gasteiger charge is -2.16. The molecule has 0 aliphatic rings. The summed E-state index contributed by atoms with van der Waals surface area (Å²) >= 11 is 0. The number of hydrogen-bond acceptors (Lipinski definition) is 3. The predicted molar refractivity (Wildman–Crippen MR) is 117 cm³/mol. The minimum absolute atomic E-state index is 0.0297. The van der Waals surface area contributed by atoms with E-state index in [1.165, 1.54) is 18.2 Å². The van der Waals surface area contributed by atoms with Crippen LogP contribution in [0, 0.1) is 12.7 Å². The van der Waals surface area contributed by atoms with E-state index in [2.05, 4.69) is 16.0 Å². The summed E-state index contributed by atoms with van der Waals surface area (Å²) < 4.78 is 13.9. The molecule has 3 aromatic rings. The Morgan fingerprint density at radius 2 is 1.63 bits per heavy atom. The molecule has 0 aliphatic carbocycles. The van der Waals surface area contributed by atoms with E-state index in [9.17, 15) is 14.0 Å². The number of carbonyl (C=O) groups excluding carboxylic acids is 2. The summed E-state index contributed by atoms with van der Waals surface area (Å²) in [5.74, 6) is -1.41. The molecule has 0 spiro atoms. The highest BCUT2D eigenvalue weighted by Gasteiger charge is 2.14. The minimum Gasteiger partial charge on any atom is -0.381 e. The normalized spacial score (nSPS) is 11.4. The van der Waals surface area contributed by atoms with Crippen molar-refractivity contribution in [3.05, 3.63) is 95.3 Å². The topological polar surface area (TPSA) is 70.2 Å². The number of rotatable bonds is 7. The molecule has 0 saturated carbocycles. The molecule has 0 radical (unpaired) electrons. The molecule has 3 rings (SSSR count). The maximum absolute atomic E-state index is 13.9. The second-order valence-electron chi connectivity index (χ2n) is 7.09. The highest BCUT2D eigenvalue weighted by atomic mass is 19.1. The van der Waals surface area contributed by atoms with Gasteiger partial charge >= 0.3 is 0 Å². The van der Waals surface area contributed by atoms with E-state index in [-0.39, 0.29) is 17.5 Å². The molecule has 0 saturated heterocycles. The number of hydrogen-bond donors (Lipinski definition) is 3. The first-order chi connectivity index (χ1) is 14.4. The molecule has 3 N–H and O–H groups in total. The number of amides is 2. The third-order valence-corrected chi connectivity index (χ3v) is 4.62. The van der Waals surface area contributed by atoms with Gasteiger partial charge in [-0.2, -0.15) is 0 Å². The Labute approximate surface area is 175 Å². The number of anilines is 2. The van der Waals surface area contributed by atoms with Crippen LogP contribution >= 0.6 is 0 Å². The number of nitrogens with one attached hydrogen (secondary N) is 3. The second-order valence-corrected chi connectivity index (χ2v) is 7.09. The minimum atomic E-state index is -0.596. The van der Waals surface area contributed by atoms with E-state index in [0.717, 1.165) is 11.3 Å². The molecule has 6 heteroatoms. The Kier molecular flexibility index (Phi) is 6.80. The molecule has 0 unspecified atom stereocenters. The van der Waals surface area contributed by atoms with Crippen LogP contribution in [-0.4, -0.2) is 24.4 Å². The molecule has 5 nitrogen and oxygen atoms in total. The van der Waals surface area contributed by atoms with Gasteiger partial charge in [0.25, 0.3) is 11.8 Å². The monoisotopic (exact) mass is 405 g/mol. The number of halogens is 1. The van der Waals surface area contributed by atoms with Gasteiger partial charge in [-0.05, 0) is 55.8 Å². The number of aryl methyl sites for hydroxylation is 1. The van der Waals surface area contributed by atoms with Crippen molar-refractivity contribution in [3.8, 4) is 0 Å². The van der Waals surface area contributed by atoms with Crippen LogP contribution in [0.4, 0.5) is 15.8 Å². The average Bonchev–Trinajstić information content (AvgIpc) is 2.74. The highest BCUT2D eigenvalue weighted by molar-refractivity contribution is 6.05. The van der Waals surface area contributed by atoms with Gasteiger partial charge in [-0.15, -0.1) is 0 Å². The molecule has 1 atom stereocenters. The predicted octanol–water partition coefficient (Wildman–Crippen LogP) is 4.62. The van der Waals surface area contributed by atoms with Crippen LogP contribution in [0.2, 0.25) is 0 Å². The Hall–Kier alpha value is -3.67. The summed E-state index contributed by atoms with van der Waals surface area (Å²) in [4.78, 5) is 25.0. The van der Waals surface area contributed by atoms with Crippen molar-refractivity contribution in [1.29, 1.82) is 0 Å². The van der Waals surface area contributed by atoms with E-state index in [4.69, 9.17) is 0 Å². The van der Waals surface area contributed by atoms with Crippen molar-refractivity contribution in [3.63, 3.8) is 0 Å². The molecule has 0 heterocycles. The van der Waals surface area contributed by atoms with Crippen molar-refractivity contribution in [2.75, 3.05) is 17.2 Å². The Balaban J connectivity index is 1.63. The molecule has 0 bridgehead atoms. The summed E-state index contributed by atoms with van der Waals surface area (Å²) in [6, 6.07) is 20.6. The van der Waals surface area contributed by atoms with Crippen molar-refractivity contribution >= 4 is 23.2 Å². The molecule has 30 heavy (non-hydrogen) atoms. The van der Waals surface area contributed by atoms with E-state index in [0.29, 0.717) is 17.8 Å². The van der Waals surface area contributed by atoms with Gasteiger partial charge in [0.05, 0.1) is 5.56 Å². The lowest BCUT2D eigenvalue weighted by molar-refractivity contribution is 0.0951. The summed E-state index contributed by atoms with van der Waals surface area (Å²) in [6.45, 7) is 4.21. The van der Waals surface area contributed by atoms with Crippen molar-refractivity contribution < 1.29 is 14.0 Å². The van der Waals surface area contributed by atoms with Crippen LogP contribution in [0.5, 0.6) is 0 Å². The summed E-state index contributed by atoms with van der Waals surface area (Å²) in [5, 5.41) is 8.89. The van der Waals surface area contributed by atoms with Gasteiger partial charge in [-0.25, -0.2) is 4.39 Å². The summed E-state index contributed by atoms with van der Waals surface area (Å²) in [6.07, 6.45) is 0. The second kappa shape index (κ2) is 9.69. The Morgan fingerprint density at radius 1 is 0.933 bits per heavy atom. The average molecular weight is 405 g/mol. The first-order valence-corrected chi connectivity index (χ1v) is 9.70. The standard InChI is InChI=1S/C24H24FN3O2/c1-16-12-13-18(14-22(16)28-24(30)20-10-6-7-11-21(20)25)23(29)26-15-17(2)27-19-8-4-3-5-9-19/h3-14,17,27H,15H2,1-2H3,(H,26,29)(H,28,30)/t17-/m0/s1. The third-order valence-electron chi connectivity index (χ3n) is 4.62. The summed E-state index contributed by atoms with van der Waals surface area (Å²) in [7, 11) is 0. The van der Waals surface area contributed by atoms with Gasteiger partial charge in [0.15, 0.2) is 0 Å². The van der Waals surface area contributed by atoms with Gasteiger partial charge in [0.1, 0.15) is 5.82 Å². The zero-order chi connectivity index (χ0) is 21.5. The maximum atomic E-state index is 13.9. The molecular weight excluding hydrogens is 381 g/mol. The van der Waals surface area contributed by atoms with Crippen molar-refractivity contribution in [2.45, 2.75) is 19.9 Å². The number of benzene rings is 3. The van der Waals surface area contributed by atoms with Crippen LogP contribution in [0.1, 0.15) is 33.2 Å². The fourth-order valence-electron chi connectivity index (χ4n) is 2.95. The molecule has 0 aromatic heterocycles. The molecule has 154 valence electrons. The Bertz CT molecular complexity index is 1040. The number of carbonyl (C=O) groups is 2. The molecule has 0 aliphatic heterocycles. The molecule has 2 amide bonds. The smallest absolute Gasteiger partial charge is 0.258 e. The van der Waals surface area contributed by atoms with Crippen LogP contribution in [-0.2, 0) is 0 Å². The highest BCUT2D eigenvalue weighted by Crippen LogP contribution is 2.19. The van der Waals surface area contributed by atoms with Crippen LogP contribution in [0.3, 0.4) is 0 Å². The van der Waals surface area contributed by atoms with Gasteiger partial charge in [0, 0.05) is 29.5 Å². The van der Waals surface area contributed by atoms with Crippen molar-refractivity contribution in [1.82, 2.24) is 5.32 Å². The van der Waals surface area contributed by atoms with Gasteiger partial charge in [-0.3, -0.25) is 9.59 Å². The Morgan fingerprint density at radius 3 is 2.37 bits per heavy atom. The lowest BCUT2D eigenvalue weighted by Crippen LogP contribution is -2.34. The fourth-order valence-corrected chi connectivity index (χ4v) is 2.95.